The molecule has 1 rings (SSSR count). The molecule has 1 atom stereocenters. The minimum atomic E-state index is -0.425. The zero-order valence-electron chi connectivity index (χ0n) is 9.14. The lowest BCUT2D eigenvalue weighted by Gasteiger charge is -2.09. The van der Waals surface area contributed by atoms with E-state index < -0.39 is 4.92 Å². The molecule has 0 saturated heterocycles. The molecule has 17 heavy (non-hydrogen) atoms. The molecular formula is C11H13Cl2NO3. The summed E-state index contributed by atoms with van der Waals surface area (Å²) in [6, 6.07) is 6.35. The van der Waals surface area contributed by atoms with Crippen molar-refractivity contribution in [3.05, 3.63) is 39.9 Å². The Hall–Kier alpha value is -0.840. The normalized spacial score (nSPS) is 12.4. The standard InChI is InChI=1S/C11H13Cl2NO3/c12-5-6-17-8-10(13)7-9-1-3-11(4-2-9)14(15)16/h1-4,10H,5-8H2. The molecule has 1 aromatic rings. The summed E-state index contributed by atoms with van der Waals surface area (Å²) in [4.78, 5) is 10.0. The Morgan fingerprint density at radius 3 is 2.53 bits per heavy atom. The summed E-state index contributed by atoms with van der Waals surface area (Å²) < 4.78 is 5.21. The number of halogens is 2. The molecule has 94 valence electrons. The molecule has 0 aliphatic rings. The molecule has 0 aromatic heterocycles. The number of nitro benzene ring substituents is 1. The van der Waals surface area contributed by atoms with Gasteiger partial charge in [0.1, 0.15) is 0 Å². The molecule has 4 nitrogen and oxygen atoms in total. The maximum absolute atomic E-state index is 10.5. The number of non-ortho nitro benzene ring substituents is 1. The Balaban J connectivity index is 2.43. The van der Waals surface area contributed by atoms with E-state index in [1.54, 1.807) is 12.1 Å². The van der Waals surface area contributed by atoms with Crippen LogP contribution in [0.1, 0.15) is 5.56 Å². The number of benzene rings is 1. The van der Waals surface area contributed by atoms with E-state index in [0.29, 0.717) is 25.5 Å². The molecule has 0 N–H and O–H groups in total. The van der Waals surface area contributed by atoms with Gasteiger partial charge < -0.3 is 4.74 Å². The van der Waals surface area contributed by atoms with Crippen LogP contribution in [-0.2, 0) is 11.2 Å². The smallest absolute Gasteiger partial charge is 0.269 e. The predicted octanol–water partition coefficient (Wildman–Crippen LogP) is 3.00. The van der Waals surface area contributed by atoms with E-state index in [4.69, 9.17) is 27.9 Å². The van der Waals surface area contributed by atoms with Crippen molar-refractivity contribution in [2.24, 2.45) is 0 Å². The molecule has 6 heteroatoms. The van der Waals surface area contributed by atoms with E-state index in [2.05, 4.69) is 0 Å². The molecule has 0 saturated carbocycles. The van der Waals surface area contributed by atoms with Crippen LogP contribution in [0.2, 0.25) is 0 Å². The zero-order valence-corrected chi connectivity index (χ0v) is 10.7. The zero-order chi connectivity index (χ0) is 12.7. The first kappa shape index (κ1) is 14.2. The minimum Gasteiger partial charge on any atom is -0.379 e. The molecule has 1 aromatic carbocycles. The fraction of sp³-hybridized carbons (Fsp3) is 0.455. The first-order valence-electron chi connectivity index (χ1n) is 5.14. The van der Waals surface area contributed by atoms with Crippen LogP contribution >= 0.6 is 23.2 Å². The van der Waals surface area contributed by atoms with E-state index in [1.165, 1.54) is 12.1 Å². The third kappa shape index (κ3) is 5.35. The summed E-state index contributed by atoms with van der Waals surface area (Å²) in [7, 11) is 0. The molecule has 1 unspecified atom stereocenters. The van der Waals surface area contributed by atoms with Gasteiger partial charge in [-0.05, 0) is 12.0 Å². The summed E-state index contributed by atoms with van der Waals surface area (Å²) in [5.41, 5.74) is 1.03. The topological polar surface area (TPSA) is 52.4 Å². The lowest BCUT2D eigenvalue weighted by atomic mass is 10.1. The van der Waals surface area contributed by atoms with Gasteiger partial charge in [0.15, 0.2) is 0 Å². The minimum absolute atomic E-state index is 0.0817. The second kappa shape index (κ2) is 7.48. The number of rotatable bonds is 7. The second-order valence-corrected chi connectivity index (χ2v) is 4.48. The third-order valence-corrected chi connectivity index (χ3v) is 2.56. The summed E-state index contributed by atoms with van der Waals surface area (Å²) >= 11 is 11.5. The second-order valence-electron chi connectivity index (χ2n) is 3.49. The van der Waals surface area contributed by atoms with E-state index in [9.17, 15) is 10.1 Å². The Labute approximate surface area is 110 Å². The van der Waals surface area contributed by atoms with E-state index in [-0.39, 0.29) is 11.1 Å². The maximum Gasteiger partial charge on any atom is 0.269 e. The van der Waals surface area contributed by atoms with Crippen LogP contribution in [0.3, 0.4) is 0 Å². The largest absolute Gasteiger partial charge is 0.379 e. The first-order chi connectivity index (χ1) is 8.13. The Bertz CT molecular complexity index is 356. The molecule has 0 aliphatic heterocycles. The number of hydrogen-bond donors (Lipinski definition) is 0. The number of alkyl halides is 2. The molecule has 0 spiro atoms. The van der Waals surface area contributed by atoms with Crippen LogP contribution in [0.5, 0.6) is 0 Å². The van der Waals surface area contributed by atoms with Crippen molar-refractivity contribution in [2.75, 3.05) is 19.1 Å². The fourth-order valence-corrected chi connectivity index (χ4v) is 1.71. The van der Waals surface area contributed by atoms with Crippen LogP contribution < -0.4 is 0 Å². The van der Waals surface area contributed by atoms with Crippen LogP contribution in [0.25, 0.3) is 0 Å². The summed E-state index contributed by atoms with van der Waals surface area (Å²) in [5.74, 6) is 0.446. The highest BCUT2D eigenvalue weighted by Crippen LogP contribution is 2.14. The molecular weight excluding hydrogens is 265 g/mol. The van der Waals surface area contributed by atoms with Gasteiger partial charge in [0, 0.05) is 18.0 Å². The number of ether oxygens (including phenoxy) is 1. The van der Waals surface area contributed by atoms with Gasteiger partial charge in [-0.3, -0.25) is 10.1 Å². The van der Waals surface area contributed by atoms with E-state index in [0.717, 1.165) is 5.56 Å². The quantitative estimate of drug-likeness (QED) is 0.333. The summed E-state index contributed by atoms with van der Waals surface area (Å²) in [6.45, 7) is 0.899. The highest BCUT2D eigenvalue weighted by atomic mass is 35.5. The first-order valence-corrected chi connectivity index (χ1v) is 6.11. The molecule has 0 aliphatic carbocycles. The summed E-state index contributed by atoms with van der Waals surface area (Å²) in [6.07, 6.45) is 0.613. The number of nitrogens with zero attached hydrogens (tertiary/aromatic N) is 1. The van der Waals surface area contributed by atoms with Crippen LogP contribution in [0, 0.1) is 10.1 Å². The third-order valence-electron chi connectivity index (χ3n) is 2.12. The highest BCUT2D eigenvalue weighted by molar-refractivity contribution is 6.20. The van der Waals surface area contributed by atoms with Gasteiger partial charge in [0.2, 0.25) is 0 Å². The Morgan fingerprint density at radius 2 is 2.00 bits per heavy atom. The monoisotopic (exact) mass is 277 g/mol. The molecule has 0 heterocycles. The van der Waals surface area contributed by atoms with Gasteiger partial charge in [0.05, 0.1) is 23.5 Å². The molecule has 0 radical (unpaired) electrons. The van der Waals surface area contributed by atoms with Gasteiger partial charge >= 0.3 is 0 Å². The lowest BCUT2D eigenvalue weighted by molar-refractivity contribution is -0.384. The average Bonchev–Trinajstić information content (AvgIpc) is 2.30. The van der Waals surface area contributed by atoms with Gasteiger partial charge in [-0.1, -0.05) is 12.1 Å². The molecule has 0 fully saturated rings. The van der Waals surface area contributed by atoms with Crippen LogP contribution in [0.15, 0.2) is 24.3 Å². The van der Waals surface area contributed by atoms with Crippen molar-refractivity contribution in [1.29, 1.82) is 0 Å². The van der Waals surface area contributed by atoms with Crippen LogP contribution in [0.4, 0.5) is 5.69 Å². The van der Waals surface area contributed by atoms with Crippen molar-refractivity contribution in [1.82, 2.24) is 0 Å². The van der Waals surface area contributed by atoms with Gasteiger partial charge in [-0.25, -0.2) is 0 Å². The van der Waals surface area contributed by atoms with Crippen molar-refractivity contribution >= 4 is 28.9 Å². The average molecular weight is 278 g/mol. The van der Waals surface area contributed by atoms with Crippen molar-refractivity contribution in [3.8, 4) is 0 Å². The van der Waals surface area contributed by atoms with Gasteiger partial charge in [0.25, 0.3) is 5.69 Å². The van der Waals surface area contributed by atoms with Crippen molar-refractivity contribution in [3.63, 3.8) is 0 Å². The van der Waals surface area contributed by atoms with E-state index >= 15 is 0 Å². The Kier molecular flexibility index (Phi) is 6.26. The van der Waals surface area contributed by atoms with E-state index in [1.807, 2.05) is 0 Å². The predicted molar refractivity (Wildman–Crippen MR) is 68.0 cm³/mol. The SMILES string of the molecule is O=[N+]([O-])c1ccc(CC(Cl)COCCCl)cc1. The van der Waals surface area contributed by atoms with Gasteiger partial charge in [-0.2, -0.15) is 0 Å². The number of nitro groups is 1. The molecule has 0 amide bonds. The Morgan fingerprint density at radius 1 is 1.35 bits per heavy atom. The van der Waals surface area contributed by atoms with Gasteiger partial charge in [-0.15, -0.1) is 23.2 Å². The lowest BCUT2D eigenvalue weighted by Crippen LogP contribution is -2.13. The number of hydrogen-bond acceptors (Lipinski definition) is 3. The van der Waals surface area contributed by atoms with Crippen molar-refractivity contribution < 1.29 is 9.66 Å². The highest BCUT2D eigenvalue weighted by Gasteiger charge is 2.08. The molecule has 0 bridgehead atoms. The maximum atomic E-state index is 10.5. The summed E-state index contributed by atoms with van der Waals surface area (Å²) in [5, 5.41) is 10.3. The van der Waals surface area contributed by atoms with Crippen molar-refractivity contribution in [2.45, 2.75) is 11.8 Å². The van der Waals surface area contributed by atoms with Crippen LogP contribution in [-0.4, -0.2) is 29.4 Å². The fourth-order valence-electron chi connectivity index (χ4n) is 1.33.